The molecule has 0 spiro atoms. The minimum atomic E-state index is -0.329. The zero-order valence-electron chi connectivity index (χ0n) is 16.8. The SMILES string of the molecule is CCCCOc1ccc(-c2nnc(CCC(=O)NC[C@H]3CCCO3)c(=O)[nH]2)cc1. The van der Waals surface area contributed by atoms with Gasteiger partial charge in [-0.2, -0.15) is 0 Å². The van der Waals surface area contributed by atoms with Crippen LogP contribution in [-0.2, 0) is 16.0 Å². The maximum Gasteiger partial charge on any atom is 0.273 e. The van der Waals surface area contributed by atoms with Crippen LogP contribution >= 0.6 is 0 Å². The first-order valence-electron chi connectivity index (χ1n) is 10.2. The number of unbranched alkanes of at least 4 members (excludes halogenated alkanes) is 1. The first-order chi connectivity index (χ1) is 14.2. The van der Waals surface area contributed by atoms with Gasteiger partial charge >= 0.3 is 0 Å². The van der Waals surface area contributed by atoms with Crippen LogP contribution in [0.2, 0.25) is 0 Å². The summed E-state index contributed by atoms with van der Waals surface area (Å²) in [6, 6.07) is 7.35. The largest absolute Gasteiger partial charge is 0.494 e. The van der Waals surface area contributed by atoms with Crippen LogP contribution in [0.15, 0.2) is 29.1 Å². The third kappa shape index (κ3) is 6.39. The lowest BCUT2D eigenvalue weighted by Crippen LogP contribution is -2.32. The van der Waals surface area contributed by atoms with E-state index in [1.807, 2.05) is 24.3 Å². The van der Waals surface area contributed by atoms with Gasteiger partial charge in [-0.05, 0) is 43.5 Å². The number of hydrogen-bond acceptors (Lipinski definition) is 6. The van der Waals surface area contributed by atoms with Crippen molar-refractivity contribution in [3.05, 3.63) is 40.3 Å². The molecule has 2 N–H and O–H groups in total. The number of nitrogens with zero attached hydrogens (tertiary/aromatic N) is 2. The van der Waals surface area contributed by atoms with E-state index in [2.05, 4.69) is 27.4 Å². The van der Waals surface area contributed by atoms with Crippen LogP contribution in [0.5, 0.6) is 5.75 Å². The van der Waals surface area contributed by atoms with Gasteiger partial charge in [0.15, 0.2) is 5.82 Å². The zero-order valence-corrected chi connectivity index (χ0v) is 16.8. The van der Waals surface area contributed by atoms with Crippen LogP contribution in [0.1, 0.15) is 44.7 Å². The fraction of sp³-hybridized carbons (Fsp3) is 0.524. The Morgan fingerprint density at radius 2 is 2.14 bits per heavy atom. The van der Waals surface area contributed by atoms with E-state index in [0.717, 1.165) is 43.6 Å². The Bertz CT molecular complexity index is 845. The Kier molecular flexibility index (Phi) is 7.75. The molecule has 1 aliphatic rings. The topological polar surface area (TPSA) is 106 Å². The fourth-order valence-electron chi connectivity index (χ4n) is 3.05. The fourth-order valence-corrected chi connectivity index (χ4v) is 3.05. The molecule has 0 radical (unpaired) electrons. The number of aromatic nitrogens is 3. The molecular weight excluding hydrogens is 372 g/mol. The summed E-state index contributed by atoms with van der Waals surface area (Å²) in [5.74, 6) is 1.05. The van der Waals surface area contributed by atoms with Crippen LogP contribution < -0.4 is 15.6 Å². The number of nitrogens with one attached hydrogen (secondary N) is 2. The highest BCUT2D eigenvalue weighted by molar-refractivity contribution is 5.76. The lowest BCUT2D eigenvalue weighted by Gasteiger charge is -2.10. The summed E-state index contributed by atoms with van der Waals surface area (Å²) in [7, 11) is 0. The van der Waals surface area contributed by atoms with E-state index in [0.29, 0.717) is 19.0 Å². The Balaban J connectivity index is 1.51. The molecule has 29 heavy (non-hydrogen) atoms. The maximum absolute atomic E-state index is 12.3. The molecule has 2 aromatic rings. The van der Waals surface area contributed by atoms with Crippen molar-refractivity contribution in [2.45, 2.75) is 51.6 Å². The summed E-state index contributed by atoms with van der Waals surface area (Å²) in [6.45, 7) is 4.07. The maximum atomic E-state index is 12.3. The third-order valence-corrected chi connectivity index (χ3v) is 4.80. The minimum absolute atomic E-state index is 0.102. The monoisotopic (exact) mass is 400 g/mol. The summed E-state index contributed by atoms with van der Waals surface area (Å²) in [6.07, 6.45) is 4.62. The second-order valence-corrected chi connectivity index (χ2v) is 7.11. The Labute approximate surface area is 170 Å². The van der Waals surface area contributed by atoms with Gasteiger partial charge in [0.1, 0.15) is 11.4 Å². The van der Waals surface area contributed by atoms with Crippen LogP contribution in [-0.4, -0.2) is 47.0 Å². The molecule has 156 valence electrons. The van der Waals surface area contributed by atoms with E-state index in [9.17, 15) is 9.59 Å². The predicted octanol–water partition coefficient (Wildman–Crippen LogP) is 2.24. The van der Waals surface area contributed by atoms with Crippen LogP contribution in [0.25, 0.3) is 11.4 Å². The zero-order chi connectivity index (χ0) is 20.5. The van der Waals surface area contributed by atoms with Gasteiger partial charge in [-0.15, -0.1) is 10.2 Å². The molecule has 0 bridgehead atoms. The van der Waals surface area contributed by atoms with Crippen LogP contribution in [0, 0.1) is 0 Å². The number of amides is 1. The summed E-state index contributed by atoms with van der Waals surface area (Å²) >= 11 is 0. The minimum Gasteiger partial charge on any atom is -0.494 e. The molecule has 1 saturated heterocycles. The molecule has 2 heterocycles. The first-order valence-corrected chi connectivity index (χ1v) is 10.2. The van der Waals surface area contributed by atoms with E-state index in [1.165, 1.54) is 0 Å². The molecule has 0 aliphatic carbocycles. The number of aromatic amines is 1. The number of H-pyrrole nitrogens is 1. The highest BCUT2D eigenvalue weighted by Gasteiger charge is 2.16. The van der Waals surface area contributed by atoms with Crippen molar-refractivity contribution in [2.75, 3.05) is 19.8 Å². The Morgan fingerprint density at radius 1 is 1.31 bits per heavy atom. The van der Waals surface area contributed by atoms with E-state index in [1.54, 1.807) is 0 Å². The first kappa shape index (κ1) is 21.0. The molecular formula is C21H28N4O4. The van der Waals surface area contributed by atoms with Crippen molar-refractivity contribution in [1.29, 1.82) is 0 Å². The number of aryl methyl sites for hydroxylation is 1. The van der Waals surface area contributed by atoms with Gasteiger partial charge in [-0.1, -0.05) is 13.3 Å². The molecule has 1 amide bonds. The second-order valence-electron chi connectivity index (χ2n) is 7.11. The number of carbonyl (C=O) groups is 1. The molecule has 1 aromatic carbocycles. The van der Waals surface area contributed by atoms with Crippen molar-refractivity contribution in [3.63, 3.8) is 0 Å². The van der Waals surface area contributed by atoms with Crippen molar-refractivity contribution in [2.24, 2.45) is 0 Å². The van der Waals surface area contributed by atoms with E-state index >= 15 is 0 Å². The Morgan fingerprint density at radius 3 is 2.83 bits per heavy atom. The summed E-state index contributed by atoms with van der Waals surface area (Å²) < 4.78 is 11.1. The lowest BCUT2D eigenvalue weighted by atomic mass is 10.2. The average molecular weight is 400 g/mol. The summed E-state index contributed by atoms with van der Waals surface area (Å²) in [5.41, 5.74) is 0.670. The van der Waals surface area contributed by atoms with Gasteiger partial charge in [0, 0.05) is 31.6 Å². The molecule has 8 nitrogen and oxygen atoms in total. The van der Waals surface area contributed by atoms with Gasteiger partial charge in [0.05, 0.1) is 12.7 Å². The quantitative estimate of drug-likeness (QED) is 0.593. The number of ether oxygens (including phenoxy) is 2. The number of rotatable bonds is 10. The van der Waals surface area contributed by atoms with E-state index in [-0.39, 0.29) is 36.1 Å². The molecule has 1 aromatic heterocycles. The van der Waals surface area contributed by atoms with E-state index in [4.69, 9.17) is 9.47 Å². The average Bonchev–Trinajstić information content (AvgIpc) is 3.26. The molecule has 3 rings (SSSR count). The molecule has 8 heteroatoms. The second kappa shape index (κ2) is 10.7. The van der Waals surface area contributed by atoms with Crippen LogP contribution in [0.4, 0.5) is 0 Å². The number of hydrogen-bond donors (Lipinski definition) is 2. The Hall–Kier alpha value is -2.74. The van der Waals surface area contributed by atoms with Gasteiger partial charge in [-0.3, -0.25) is 9.59 Å². The standard InChI is InChI=1S/C21H28N4O4/c1-2-3-12-28-16-8-6-15(7-9-16)20-23-21(27)18(24-25-20)10-11-19(26)22-14-17-5-4-13-29-17/h6-9,17H,2-5,10-14H2,1H3,(H,22,26)(H,23,25,27)/t17-/m1/s1. The predicted molar refractivity (Wildman–Crippen MR) is 109 cm³/mol. The smallest absolute Gasteiger partial charge is 0.273 e. The number of benzene rings is 1. The highest BCUT2D eigenvalue weighted by Crippen LogP contribution is 2.18. The van der Waals surface area contributed by atoms with Crippen LogP contribution in [0.3, 0.4) is 0 Å². The van der Waals surface area contributed by atoms with Gasteiger partial charge < -0.3 is 19.8 Å². The molecule has 0 unspecified atom stereocenters. The van der Waals surface area contributed by atoms with Gasteiger partial charge in [-0.25, -0.2) is 0 Å². The normalized spacial score (nSPS) is 16.0. The van der Waals surface area contributed by atoms with Crippen molar-refractivity contribution in [1.82, 2.24) is 20.5 Å². The van der Waals surface area contributed by atoms with E-state index < -0.39 is 0 Å². The molecule has 1 atom stereocenters. The van der Waals surface area contributed by atoms with Crippen molar-refractivity contribution < 1.29 is 14.3 Å². The van der Waals surface area contributed by atoms with Gasteiger partial charge in [0.2, 0.25) is 5.91 Å². The summed E-state index contributed by atoms with van der Waals surface area (Å²) in [4.78, 5) is 27.0. The van der Waals surface area contributed by atoms with Crippen molar-refractivity contribution >= 4 is 5.91 Å². The molecule has 1 aliphatic heterocycles. The highest BCUT2D eigenvalue weighted by atomic mass is 16.5. The summed E-state index contributed by atoms with van der Waals surface area (Å²) in [5, 5.41) is 11.0. The molecule has 0 saturated carbocycles. The lowest BCUT2D eigenvalue weighted by molar-refractivity contribution is -0.121. The van der Waals surface area contributed by atoms with Crippen molar-refractivity contribution in [3.8, 4) is 17.1 Å². The number of carbonyl (C=O) groups excluding carboxylic acids is 1. The third-order valence-electron chi connectivity index (χ3n) is 4.80. The van der Waals surface area contributed by atoms with Gasteiger partial charge in [0.25, 0.3) is 5.56 Å². The molecule has 1 fully saturated rings.